The number of halogens is 4. The van der Waals surface area contributed by atoms with Crippen molar-refractivity contribution in [1.29, 1.82) is 0 Å². The molecule has 0 saturated carbocycles. The second-order valence-corrected chi connectivity index (χ2v) is 10.3. The Hall–Kier alpha value is 0.597. The normalized spacial score (nSPS) is 10.5. The molecule has 0 aliphatic heterocycles. The van der Waals surface area contributed by atoms with Crippen LogP contribution in [-0.2, 0) is 0 Å². The minimum Gasteiger partial charge on any atom is -0.147 e. The van der Waals surface area contributed by atoms with Crippen molar-refractivity contribution in [2.75, 3.05) is 0 Å². The predicted molar refractivity (Wildman–Crippen MR) is 56.6 cm³/mol. The SMILES string of the molecule is Cl.Cl[Si](Cl)(Cl)c1ccccc1. The summed E-state index contributed by atoms with van der Waals surface area (Å²) in [4.78, 5) is 0. The Balaban J connectivity index is 0.000001000. The molecule has 0 aliphatic carbocycles. The van der Waals surface area contributed by atoms with Crippen LogP contribution in [0.3, 0.4) is 0 Å². The van der Waals surface area contributed by atoms with Gasteiger partial charge in [0.25, 0.3) is 0 Å². The van der Waals surface area contributed by atoms with Gasteiger partial charge in [0.1, 0.15) is 0 Å². The molecule has 11 heavy (non-hydrogen) atoms. The molecule has 1 aromatic rings. The third-order valence-corrected chi connectivity index (χ3v) is 4.05. The standard InChI is InChI=1S/C6H5Cl3Si.ClH/c7-10(8,9)6-4-2-1-3-5-6;/h1-5H;1H. The zero-order valence-corrected chi connectivity index (χ0v) is 9.51. The fraction of sp³-hybridized carbons (Fsp3) is 0. The van der Waals surface area contributed by atoms with Crippen LogP contribution in [0.2, 0.25) is 0 Å². The van der Waals surface area contributed by atoms with Crippen LogP contribution >= 0.6 is 45.6 Å². The van der Waals surface area contributed by atoms with Gasteiger partial charge in [-0.15, -0.1) is 45.6 Å². The molecular weight excluding hydrogens is 242 g/mol. The first-order chi connectivity index (χ1) is 4.61. The molecule has 1 rings (SSSR count). The van der Waals surface area contributed by atoms with Gasteiger partial charge in [0.2, 0.25) is 0 Å². The van der Waals surface area contributed by atoms with E-state index in [1.54, 1.807) is 0 Å². The van der Waals surface area contributed by atoms with Crippen molar-refractivity contribution in [3.8, 4) is 0 Å². The molecule has 1 aromatic carbocycles. The van der Waals surface area contributed by atoms with E-state index in [1.165, 1.54) is 0 Å². The maximum atomic E-state index is 5.73. The highest BCUT2D eigenvalue weighted by atomic mass is 35.8. The number of rotatable bonds is 1. The van der Waals surface area contributed by atoms with E-state index >= 15 is 0 Å². The Kier molecular flexibility index (Phi) is 4.83. The Morgan fingerprint density at radius 2 is 1.36 bits per heavy atom. The molecule has 0 N–H and O–H groups in total. The van der Waals surface area contributed by atoms with Crippen LogP contribution in [0.1, 0.15) is 0 Å². The van der Waals surface area contributed by atoms with E-state index in [-0.39, 0.29) is 12.4 Å². The molecule has 0 unspecified atom stereocenters. The predicted octanol–water partition coefficient (Wildman–Crippen LogP) is 2.97. The first kappa shape index (κ1) is 11.6. The second-order valence-electron chi connectivity index (χ2n) is 1.86. The molecule has 0 nitrogen and oxygen atoms in total. The van der Waals surface area contributed by atoms with Gasteiger partial charge in [0, 0.05) is 0 Å². The topological polar surface area (TPSA) is 0 Å². The Labute approximate surface area is 87.0 Å². The zero-order chi connectivity index (χ0) is 7.61. The van der Waals surface area contributed by atoms with Crippen LogP contribution in [0.15, 0.2) is 30.3 Å². The third-order valence-electron chi connectivity index (χ3n) is 1.10. The molecule has 0 bridgehead atoms. The summed E-state index contributed by atoms with van der Waals surface area (Å²) in [5.74, 6) is 0. The van der Waals surface area contributed by atoms with Crippen molar-refractivity contribution < 1.29 is 0 Å². The van der Waals surface area contributed by atoms with Gasteiger partial charge in [0.15, 0.2) is 0 Å². The van der Waals surface area contributed by atoms with E-state index in [0.29, 0.717) is 0 Å². The molecule has 0 amide bonds. The Morgan fingerprint density at radius 1 is 0.909 bits per heavy atom. The second kappa shape index (κ2) is 4.58. The fourth-order valence-electron chi connectivity index (χ4n) is 0.627. The van der Waals surface area contributed by atoms with E-state index in [9.17, 15) is 0 Å². The lowest BCUT2D eigenvalue weighted by atomic mass is 10.4. The first-order valence-electron chi connectivity index (χ1n) is 2.73. The van der Waals surface area contributed by atoms with Crippen molar-refractivity contribution in [2.45, 2.75) is 0 Å². The van der Waals surface area contributed by atoms with E-state index in [2.05, 4.69) is 0 Å². The van der Waals surface area contributed by atoms with Gasteiger partial charge >= 0.3 is 6.00 Å². The van der Waals surface area contributed by atoms with Crippen molar-refractivity contribution in [3.05, 3.63) is 30.3 Å². The van der Waals surface area contributed by atoms with Gasteiger partial charge in [0.05, 0.1) is 0 Å². The van der Waals surface area contributed by atoms with Crippen LogP contribution in [0, 0.1) is 0 Å². The van der Waals surface area contributed by atoms with Gasteiger partial charge in [-0.1, -0.05) is 30.3 Å². The molecular formula is C6H6Cl4Si. The van der Waals surface area contributed by atoms with Gasteiger partial charge in [-0.3, -0.25) is 0 Å². The lowest BCUT2D eigenvalue weighted by molar-refractivity contribution is 1.77. The molecule has 0 heterocycles. The molecule has 0 saturated heterocycles. The molecule has 0 spiro atoms. The van der Waals surface area contributed by atoms with Crippen molar-refractivity contribution in [1.82, 2.24) is 0 Å². The molecule has 0 atom stereocenters. The third kappa shape index (κ3) is 3.68. The number of hydrogen-bond donors (Lipinski definition) is 0. The van der Waals surface area contributed by atoms with Gasteiger partial charge < -0.3 is 0 Å². The minimum atomic E-state index is -2.62. The largest absolute Gasteiger partial charge is 0.372 e. The van der Waals surface area contributed by atoms with Gasteiger partial charge in [-0.25, -0.2) is 0 Å². The highest BCUT2D eigenvalue weighted by Crippen LogP contribution is 2.18. The summed E-state index contributed by atoms with van der Waals surface area (Å²) < 4.78 is 0. The molecule has 62 valence electrons. The van der Waals surface area contributed by atoms with Gasteiger partial charge in [-0.05, 0) is 5.19 Å². The van der Waals surface area contributed by atoms with Crippen LogP contribution in [0.5, 0.6) is 0 Å². The fourth-order valence-corrected chi connectivity index (χ4v) is 2.33. The monoisotopic (exact) mass is 246 g/mol. The maximum Gasteiger partial charge on any atom is 0.372 e. The Bertz CT molecular complexity index is 206. The molecule has 5 heteroatoms. The van der Waals surface area contributed by atoms with Crippen LogP contribution in [0.25, 0.3) is 0 Å². The van der Waals surface area contributed by atoms with Crippen LogP contribution in [-0.4, -0.2) is 6.00 Å². The summed E-state index contributed by atoms with van der Waals surface area (Å²) in [6.07, 6.45) is 0. The molecule has 0 aromatic heterocycles. The van der Waals surface area contributed by atoms with Crippen LogP contribution < -0.4 is 5.19 Å². The summed E-state index contributed by atoms with van der Waals surface area (Å²) in [5.41, 5.74) is 0. The average Bonchev–Trinajstić information content (AvgIpc) is 1.88. The highest BCUT2D eigenvalue weighted by Gasteiger charge is 2.26. The van der Waals surface area contributed by atoms with Crippen molar-refractivity contribution in [2.24, 2.45) is 0 Å². The average molecular weight is 248 g/mol. The van der Waals surface area contributed by atoms with E-state index in [1.807, 2.05) is 30.3 Å². The Morgan fingerprint density at radius 3 is 1.64 bits per heavy atom. The summed E-state index contributed by atoms with van der Waals surface area (Å²) >= 11 is 17.2. The van der Waals surface area contributed by atoms with E-state index in [0.717, 1.165) is 5.19 Å². The van der Waals surface area contributed by atoms with Crippen molar-refractivity contribution >= 4 is 56.8 Å². The lowest BCUT2D eigenvalue weighted by Crippen LogP contribution is -2.29. The minimum absolute atomic E-state index is 0. The van der Waals surface area contributed by atoms with E-state index < -0.39 is 6.00 Å². The molecule has 0 fully saturated rings. The van der Waals surface area contributed by atoms with Gasteiger partial charge in [-0.2, -0.15) is 0 Å². The summed E-state index contributed by atoms with van der Waals surface area (Å²) in [5, 5.41) is 0.833. The maximum absolute atomic E-state index is 5.73. The first-order valence-corrected chi connectivity index (χ1v) is 7.76. The number of hydrogen-bond acceptors (Lipinski definition) is 0. The molecule has 0 radical (unpaired) electrons. The highest BCUT2D eigenvalue weighted by molar-refractivity contribution is 7.69. The van der Waals surface area contributed by atoms with E-state index in [4.69, 9.17) is 33.2 Å². The summed E-state index contributed by atoms with van der Waals surface area (Å²) in [6.45, 7) is 0. The van der Waals surface area contributed by atoms with Crippen molar-refractivity contribution in [3.63, 3.8) is 0 Å². The lowest BCUT2D eigenvalue weighted by Gasteiger charge is -2.05. The summed E-state index contributed by atoms with van der Waals surface area (Å²) in [6, 6.07) is 6.68. The summed E-state index contributed by atoms with van der Waals surface area (Å²) in [7, 11) is 0. The quantitative estimate of drug-likeness (QED) is 0.529. The molecule has 0 aliphatic rings. The number of benzene rings is 1. The zero-order valence-electron chi connectivity index (χ0n) is 5.43. The smallest absolute Gasteiger partial charge is 0.147 e. The van der Waals surface area contributed by atoms with Crippen LogP contribution in [0.4, 0.5) is 0 Å².